The number of aryl methyl sites for hydroxylation is 4. The second-order valence-corrected chi connectivity index (χ2v) is 20.7. The van der Waals surface area contributed by atoms with Gasteiger partial charge in [0.1, 0.15) is 22.8 Å². The molecule has 0 saturated carbocycles. The van der Waals surface area contributed by atoms with Crippen LogP contribution in [0.4, 0.5) is 0 Å². The van der Waals surface area contributed by atoms with Crippen molar-refractivity contribution in [2.45, 2.75) is 27.7 Å². The fraction of sp³-hybridized carbons (Fsp3) is 0.0571. The number of para-hydroxylation sites is 9. The third-order valence-electron chi connectivity index (χ3n) is 16.6. The van der Waals surface area contributed by atoms with Gasteiger partial charge in [-0.05, 0) is 80.3 Å². The quantitative estimate of drug-likeness (QED) is 0.172. The molecular formula is C70H46N6O. The second-order valence-electron chi connectivity index (χ2n) is 20.7. The number of pyridine rings is 1. The molecule has 0 spiro atoms. The van der Waals surface area contributed by atoms with Gasteiger partial charge in [0, 0.05) is 77.4 Å². The normalized spacial score (nSPS) is 12.1. The van der Waals surface area contributed by atoms with Gasteiger partial charge < -0.3 is 22.7 Å². The first-order valence-electron chi connectivity index (χ1n) is 26.3. The molecule has 0 saturated heterocycles. The Kier molecular flexibility index (Phi) is 8.95. The minimum Gasteiger partial charge on any atom is -0.455 e. The summed E-state index contributed by atoms with van der Waals surface area (Å²) in [6.07, 6.45) is 3.72. The molecule has 0 unspecified atom stereocenters. The summed E-state index contributed by atoms with van der Waals surface area (Å²) in [7, 11) is 0. The van der Waals surface area contributed by atoms with Gasteiger partial charge in [-0.25, -0.2) is 0 Å². The standard InChI is InChI=1S/C70H46N6O/c1-40-18-13-26-48-44-22-5-9-32-56(44)73(62(40)48)66-54(38-71)67(74-57-33-10-6-23-45(57)49-27-14-19-41(2)63(49)74)69(76-59-35-12-8-25-47(59)51-29-16-21-43(4)65(51)76)61(53-31-17-30-52-55-39-72-37-36-60(55)77-70(52)53)68(66)75-58-34-11-7-24-46(58)50-28-15-20-42(3)64(50)75/h5-37,39H,1-4H3. The van der Waals surface area contributed by atoms with Crippen molar-refractivity contribution in [3.05, 3.63) is 234 Å². The Hall–Kier alpha value is -10.2. The molecule has 0 aliphatic rings. The molecule has 16 aromatic rings. The molecule has 6 heterocycles. The number of hydrogen-bond acceptors (Lipinski definition) is 3. The maximum absolute atomic E-state index is 13.0. The summed E-state index contributed by atoms with van der Waals surface area (Å²) in [6, 6.07) is 72.9. The summed E-state index contributed by atoms with van der Waals surface area (Å²) in [5, 5.41) is 23.8. The van der Waals surface area contributed by atoms with Crippen molar-refractivity contribution in [1.29, 1.82) is 5.26 Å². The molecule has 0 bridgehead atoms. The zero-order valence-corrected chi connectivity index (χ0v) is 42.7. The van der Waals surface area contributed by atoms with Crippen LogP contribution in [0.2, 0.25) is 0 Å². The molecule has 0 N–H and O–H groups in total. The molecule has 0 aliphatic heterocycles. The molecule has 7 heteroatoms. The number of hydrogen-bond donors (Lipinski definition) is 0. The van der Waals surface area contributed by atoms with Gasteiger partial charge in [-0.1, -0.05) is 164 Å². The van der Waals surface area contributed by atoms with Gasteiger partial charge in [-0.15, -0.1) is 0 Å². The van der Waals surface area contributed by atoms with E-state index in [4.69, 9.17) is 4.42 Å². The van der Waals surface area contributed by atoms with E-state index in [0.29, 0.717) is 5.56 Å². The highest BCUT2D eigenvalue weighted by Crippen LogP contribution is 2.54. The molecular weight excluding hydrogens is 941 g/mol. The minimum absolute atomic E-state index is 0.524. The molecule has 7 nitrogen and oxygen atoms in total. The van der Waals surface area contributed by atoms with Crippen molar-refractivity contribution >= 4 is 109 Å². The fourth-order valence-electron chi connectivity index (χ4n) is 13.5. The molecule has 0 aliphatic carbocycles. The van der Waals surface area contributed by atoms with Crippen LogP contribution in [0.15, 0.2) is 211 Å². The van der Waals surface area contributed by atoms with Crippen LogP contribution in [0.3, 0.4) is 0 Å². The summed E-state index contributed by atoms with van der Waals surface area (Å²) in [4.78, 5) is 4.65. The molecule has 0 amide bonds. The van der Waals surface area contributed by atoms with Crippen molar-refractivity contribution in [1.82, 2.24) is 23.3 Å². The molecule has 0 radical (unpaired) electrons. The van der Waals surface area contributed by atoms with Gasteiger partial charge in [0.2, 0.25) is 0 Å². The summed E-state index contributed by atoms with van der Waals surface area (Å²) in [5.41, 5.74) is 19.6. The van der Waals surface area contributed by atoms with Crippen LogP contribution in [0.1, 0.15) is 27.8 Å². The van der Waals surface area contributed by atoms with Gasteiger partial charge in [0.15, 0.2) is 0 Å². The molecule has 16 rings (SSSR count). The van der Waals surface area contributed by atoms with Crippen molar-refractivity contribution in [3.63, 3.8) is 0 Å². The first-order valence-corrected chi connectivity index (χ1v) is 26.3. The number of nitriles is 1. The lowest BCUT2D eigenvalue weighted by Gasteiger charge is -2.30. The predicted molar refractivity (Wildman–Crippen MR) is 318 cm³/mol. The Labute approximate surface area is 441 Å². The van der Waals surface area contributed by atoms with Crippen LogP contribution < -0.4 is 0 Å². The Morgan fingerprint density at radius 1 is 0.364 bits per heavy atom. The molecule has 0 atom stereocenters. The number of nitrogens with zero attached hydrogens (tertiary/aromatic N) is 6. The van der Waals surface area contributed by atoms with Crippen LogP contribution in [0.25, 0.3) is 143 Å². The van der Waals surface area contributed by atoms with E-state index in [1.807, 2.05) is 12.3 Å². The molecule has 362 valence electrons. The van der Waals surface area contributed by atoms with Crippen LogP contribution in [-0.2, 0) is 0 Å². The zero-order chi connectivity index (χ0) is 51.4. The number of aromatic nitrogens is 5. The van der Waals surface area contributed by atoms with Gasteiger partial charge >= 0.3 is 0 Å². The average molecular weight is 987 g/mol. The van der Waals surface area contributed by atoms with E-state index in [0.717, 1.165) is 165 Å². The maximum atomic E-state index is 13.0. The lowest BCUT2D eigenvalue weighted by molar-refractivity contribution is 0.669. The lowest BCUT2D eigenvalue weighted by Crippen LogP contribution is -2.17. The highest BCUT2D eigenvalue weighted by Gasteiger charge is 2.36. The maximum Gasteiger partial charge on any atom is 0.143 e. The largest absolute Gasteiger partial charge is 0.455 e. The van der Waals surface area contributed by atoms with Crippen LogP contribution in [-0.4, -0.2) is 23.3 Å². The summed E-state index contributed by atoms with van der Waals surface area (Å²) >= 11 is 0. The van der Waals surface area contributed by atoms with Gasteiger partial charge in [-0.3, -0.25) is 4.98 Å². The third-order valence-corrected chi connectivity index (χ3v) is 16.6. The Morgan fingerprint density at radius 2 is 0.714 bits per heavy atom. The first kappa shape index (κ1) is 43.3. The monoisotopic (exact) mass is 986 g/mol. The molecule has 0 fully saturated rings. The van der Waals surface area contributed by atoms with E-state index in [9.17, 15) is 5.26 Å². The van der Waals surface area contributed by atoms with Gasteiger partial charge in [0.25, 0.3) is 0 Å². The zero-order valence-electron chi connectivity index (χ0n) is 42.7. The van der Waals surface area contributed by atoms with Gasteiger partial charge in [-0.2, -0.15) is 5.26 Å². The summed E-state index contributed by atoms with van der Waals surface area (Å²) < 4.78 is 17.1. The molecule has 77 heavy (non-hydrogen) atoms. The lowest BCUT2D eigenvalue weighted by atomic mass is 9.92. The van der Waals surface area contributed by atoms with E-state index in [1.54, 1.807) is 6.20 Å². The van der Waals surface area contributed by atoms with Crippen molar-refractivity contribution < 1.29 is 4.42 Å². The average Bonchev–Trinajstić information content (AvgIpc) is 4.32. The van der Waals surface area contributed by atoms with E-state index in [1.165, 1.54) is 0 Å². The Balaban J connectivity index is 1.32. The summed E-state index contributed by atoms with van der Waals surface area (Å²) in [5.74, 6) is 0. The smallest absolute Gasteiger partial charge is 0.143 e. The molecule has 6 aromatic heterocycles. The number of benzene rings is 10. The Bertz CT molecular complexity index is 5030. The van der Waals surface area contributed by atoms with Crippen LogP contribution >= 0.6 is 0 Å². The van der Waals surface area contributed by atoms with Gasteiger partial charge in [0.05, 0.1) is 66.9 Å². The topological polar surface area (TPSA) is 69.5 Å². The van der Waals surface area contributed by atoms with E-state index in [2.05, 4.69) is 245 Å². The first-order chi connectivity index (χ1) is 37.9. The summed E-state index contributed by atoms with van der Waals surface area (Å²) in [6.45, 7) is 8.83. The van der Waals surface area contributed by atoms with Crippen molar-refractivity contribution in [2.24, 2.45) is 0 Å². The van der Waals surface area contributed by atoms with Crippen molar-refractivity contribution in [2.75, 3.05) is 0 Å². The third kappa shape index (κ3) is 5.71. The van der Waals surface area contributed by atoms with E-state index in [-0.39, 0.29) is 0 Å². The minimum atomic E-state index is 0.524. The predicted octanol–water partition coefficient (Wildman–Crippen LogP) is 18.1. The highest BCUT2D eigenvalue weighted by molar-refractivity contribution is 6.20. The Morgan fingerprint density at radius 3 is 1.12 bits per heavy atom. The van der Waals surface area contributed by atoms with Crippen LogP contribution in [0, 0.1) is 39.0 Å². The van der Waals surface area contributed by atoms with E-state index >= 15 is 0 Å². The van der Waals surface area contributed by atoms with E-state index < -0.39 is 0 Å². The fourth-order valence-corrected chi connectivity index (χ4v) is 13.5. The van der Waals surface area contributed by atoms with Crippen molar-refractivity contribution in [3.8, 4) is 39.9 Å². The number of rotatable bonds is 5. The number of fused-ring (bicyclic) bond motifs is 15. The SMILES string of the molecule is Cc1cccc2c3ccccc3n(-c3c(C#N)c(-n4c5ccccc5c5cccc(C)c54)c(-n4c5ccccc5c5cccc(C)c54)c(-c4cccc5c4oc4ccncc45)c3-n3c4ccccc4c4cccc(C)c43)c12. The second kappa shape index (κ2) is 15.9. The van der Waals surface area contributed by atoms with Crippen LogP contribution in [0.5, 0.6) is 0 Å². The highest BCUT2D eigenvalue weighted by atomic mass is 16.3. The molecule has 10 aromatic carbocycles. The number of furan rings is 1.